The van der Waals surface area contributed by atoms with Crippen LogP contribution in [0.3, 0.4) is 0 Å². The molecule has 3 saturated heterocycles. The van der Waals surface area contributed by atoms with E-state index in [1.54, 1.807) is 41.5 Å². The quantitative estimate of drug-likeness (QED) is 0.188. The highest BCUT2D eigenvalue weighted by Gasteiger charge is 2.53. The lowest BCUT2D eigenvalue weighted by Gasteiger charge is -2.49. The van der Waals surface area contributed by atoms with Gasteiger partial charge in [0.1, 0.15) is 29.7 Å². The van der Waals surface area contributed by atoms with Crippen LogP contribution in [-0.2, 0) is 38.0 Å². The van der Waals surface area contributed by atoms with Crippen molar-refractivity contribution in [3.63, 3.8) is 0 Å². The van der Waals surface area contributed by atoms with Gasteiger partial charge in [0.25, 0.3) is 0 Å². The van der Waals surface area contributed by atoms with E-state index >= 15 is 0 Å². The number of Topliss-reactive ketones (excluding diaryl/α,β-unsaturated/α-hetero) is 1. The molecule has 0 amide bonds. The number of carbonyl (C=O) groups is 2. The van der Waals surface area contributed by atoms with Crippen LogP contribution in [-0.4, -0.2) is 148 Å². The van der Waals surface area contributed by atoms with Gasteiger partial charge in [-0.3, -0.25) is 9.59 Å². The molecule has 5 N–H and O–H groups in total. The first-order valence-electron chi connectivity index (χ1n) is 18.5. The van der Waals surface area contributed by atoms with Crippen molar-refractivity contribution in [3.05, 3.63) is 0 Å². The third kappa shape index (κ3) is 9.51. The summed E-state index contributed by atoms with van der Waals surface area (Å²) in [6.07, 6.45) is -9.71. The maximum absolute atomic E-state index is 14.1. The Hall–Kier alpha value is -1.30. The standard InChI is InChI=1S/C37H67NO13/c1-14-25-37(10,45)30(41)20(4)27(39)18(2)16-35(8,44)32(51-34-28(40)24(38(11)12)15-19(3)47-34)21(5)29(22(6)33(43)49-25)50-26-17-36(9,46-13)31(42)23(7)48-26/h18-26,28-32,34,40-42,44-45H,14-17H2,1-13H3/t18-,19-,20+,21+,22-,23+,24+,25-,26+,28-,29+,30-,31+,32-,34+,35-,36-,37-/m1/s1/i9+1,11+1,12+1,13+1. The summed E-state index contributed by atoms with van der Waals surface area (Å²) in [4.78, 5) is 29.8. The number of rotatable bonds is 7. The fourth-order valence-corrected chi connectivity index (χ4v) is 8.41. The van der Waals surface area contributed by atoms with E-state index in [4.69, 9.17) is 28.4 Å². The third-order valence-corrected chi connectivity index (χ3v) is 11.8. The maximum Gasteiger partial charge on any atom is 0.311 e. The molecule has 3 aliphatic rings. The van der Waals surface area contributed by atoms with E-state index in [9.17, 15) is 35.1 Å². The van der Waals surface area contributed by atoms with Gasteiger partial charge in [0.05, 0.1) is 47.6 Å². The van der Waals surface area contributed by atoms with Gasteiger partial charge in [0, 0.05) is 37.3 Å². The number of hydrogen-bond acceptors (Lipinski definition) is 14. The Balaban J connectivity index is 2.18. The molecule has 3 aliphatic heterocycles. The molecule has 18 atom stereocenters. The van der Waals surface area contributed by atoms with Gasteiger partial charge in [-0.15, -0.1) is 0 Å². The number of hydrogen-bond donors (Lipinski definition) is 5. The molecule has 0 bridgehead atoms. The zero-order valence-electron chi connectivity index (χ0n) is 32.9. The molecular weight excluding hydrogens is 670 g/mol. The van der Waals surface area contributed by atoms with Crippen LogP contribution in [0, 0.1) is 23.7 Å². The Bertz CT molecular complexity index is 1170. The van der Waals surface area contributed by atoms with Crippen LogP contribution < -0.4 is 0 Å². The van der Waals surface area contributed by atoms with Crippen LogP contribution in [0.15, 0.2) is 0 Å². The van der Waals surface area contributed by atoms with E-state index in [0.29, 0.717) is 6.42 Å². The van der Waals surface area contributed by atoms with Crippen molar-refractivity contribution in [1.82, 2.24) is 4.90 Å². The Kier molecular flexibility index (Phi) is 14.7. The average Bonchev–Trinajstić information content (AvgIpc) is 3.05. The second kappa shape index (κ2) is 17.0. The fourth-order valence-electron chi connectivity index (χ4n) is 8.41. The number of carbonyl (C=O) groups excluding carboxylic acids is 2. The lowest BCUT2D eigenvalue weighted by Crippen LogP contribution is -2.61. The molecule has 0 aromatic carbocycles. The number of methoxy groups -OCH3 is 1. The molecule has 14 heteroatoms. The zero-order valence-corrected chi connectivity index (χ0v) is 32.9. The molecule has 0 aromatic rings. The molecule has 3 rings (SSSR count). The van der Waals surface area contributed by atoms with Crippen LogP contribution >= 0.6 is 0 Å². The fraction of sp³-hybridized carbons (Fsp3) is 0.946. The minimum absolute atomic E-state index is 0.0936. The van der Waals surface area contributed by atoms with E-state index in [1.165, 1.54) is 27.9 Å². The SMILES string of the molecule is CC[C@H]1OC(=O)[C@H](C)[C@@H](O[C@H]2C[C@@]([13CH3])(O[13CH3])[C@@H](O)[C@H](C)O2)[C@H](C)[C@@H](O[C@@H]2O[C@H](C)C[C@H](N([13CH3])[13CH3])[C@H]2O)[C@](C)(O)C[C@@H](C)C(=O)[C@H](C)[C@@H](O)[C@]1(C)O. The molecule has 0 unspecified atom stereocenters. The largest absolute Gasteiger partial charge is 0.459 e. The molecule has 3 fully saturated rings. The number of aliphatic hydroxyl groups is 5. The normalized spacial score (nSPS) is 49.7. The van der Waals surface area contributed by atoms with Crippen molar-refractivity contribution in [1.29, 1.82) is 0 Å². The van der Waals surface area contributed by atoms with Crippen LogP contribution in [0.1, 0.15) is 94.9 Å². The van der Waals surface area contributed by atoms with Crippen molar-refractivity contribution in [2.24, 2.45) is 23.7 Å². The van der Waals surface area contributed by atoms with Gasteiger partial charge in [0.2, 0.25) is 0 Å². The zero-order chi connectivity index (χ0) is 39.0. The van der Waals surface area contributed by atoms with Gasteiger partial charge in [-0.25, -0.2) is 0 Å². The molecule has 298 valence electrons. The second-order valence-electron chi connectivity index (χ2n) is 16.5. The van der Waals surface area contributed by atoms with Crippen molar-refractivity contribution in [3.8, 4) is 0 Å². The molecule has 0 aliphatic carbocycles. The second-order valence-corrected chi connectivity index (χ2v) is 16.5. The van der Waals surface area contributed by atoms with E-state index in [2.05, 4.69) is 0 Å². The third-order valence-electron chi connectivity index (χ3n) is 11.8. The number of ether oxygens (including phenoxy) is 6. The number of aliphatic hydroxyl groups excluding tert-OH is 3. The summed E-state index contributed by atoms with van der Waals surface area (Å²) in [5.41, 5.74) is -4.84. The first kappa shape index (κ1) is 44.1. The summed E-state index contributed by atoms with van der Waals surface area (Å²) in [7, 11) is 5.18. The number of nitrogens with zero attached hydrogens (tertiary/aromatic N) is 1. The van der Waals surface area contributed by atoms with Crippen LogP contribution in [0.5, 0.6) is 0 Å². The first-order chi connectivity index (χ1) is 23.4. The number of likely N-dealkylation sites (N-methyl/N-ethyl adjacent to an activating group) is 1. The molecule has 3 heterocycles. The smallest absolute Gasteiger partial charge is 0.311 e. The van der Waals surface area contributed by atoms with Crippen molar-refractivity contribution >= 4 is 11.8 Å². The predicted molar refractivity (Wildman–Crippen MR) is 186 cm³/mol. The Morgan fingerprint density at radius 1 is 0.882 bits per heavy atom. The Morgan fingerprint density at radius 2 is 1.49 bits per heavy atom. The minimum Gasteiger partial charge on any atom is -0.459 e. The Morgan fingerprint density at radius 3 is 2.04 bits per heavy atom. The van der Waals surface area contributed by atoms with Crippen molar-refractivity contribution < 1.29 is 63.5 Å². The van der Waals surface area contributed by atoms with E-state index in [-0.39, 0.29) is 31.4 Å². The van der Waals surface area contributed by atoms with Crippen LogP contribution in [0.4, 0.5) is 0 Å². The maximum atomic E-state index is 14.1. The first-order valence-corrected chi connectivity index (χ1v) is 18.5. The number of esters is 1. The lowest BCUT2D eigenvalue weighted by molar-refractivity contribution is -0.318. The molecular formula is C37H67NO13. The van der Waals surface area contributed by atoms with Crippen molar-refractivity contribution in [2.75, 3.05) is 21.2 Å². The van der Waals surface area contributed by atoms with Crippen LogP contribution in [0.25, 0.3) is 0 Å². The highest BCUT2D eigenvalue weighted by molar-refractivity contribution is 5.83. The molecule has 51 heavy (non-hydrogen) atoms. The lowest BCUT2D eigenvalue weighted by atomic mass is 9.74. The highest BCUT2D eigenvalue weighted by Crippen LogP contribution is 2.40. The molecule has 0 aromatic heterocycles. The van der Waals surface area contributed by atoms with Crippen molar-refractivity contribution in [2.45, 2.75) is 179 Å². The molecule has 0 radical (unpaired) electrons. The summed E-state index contributed by atoms with van der Waals surface area (Å²) in [5, 5.41) is 57.6. The van der Waals surface area contributed by atoms with Gasteiger partial charge in [-0.2, -0.15) is 0 Å². The number of cyclic esters (lactones) is 1. The molecule has 14 nitrogen and oxygen atoms in total. The van der Waals surface area contributed by atoms with Gasteiger partial charge in [-0.05, 0) is 74.9 Å². The van der Waals surface area contributed by atoms with Gasteiger partial charge in [0.15, 0.2) is 12.6 Å². The summed E-state index contributed by atoms with van der Waals surface area (Å²) in [5.74, 6) is -4.98. The summed E-state index contributed by atoms with van der Waals surface area (Å²) in [6, 6.07) is -0.324. The predicted octanol–water partition coefficient (Wildman–Crippen LogP) is 1.79. The minimum atomic E-state index is -1.99. The average molecular weight is 738 g/mol. The summed E-state index contributed by atoms with van der Waals surface area (Å²) >= 11 is 0. The highest BCUT2D eigenvalue weighted by atomic mass is 16.7. The summed E-state index contributed by atoms with van der Waals surface area (Å²) < 4.78 is 37.1. The van der Waals surface area contributed by atoms with Gasteiger partial charge >= 0.3 is 5.97 Å². The topological polar surface area (TPSA) is 194 Å². The Labute approximate surface area is 304 Å². The summed E-state index contributed by atoms with van der Waals surface area (Å²) in [6.45, 7) is 16.3. The van der Waals surface area contributed by atoms with E-state index < -0.39 is 108 Å². The van der Waals surface area contributed by atoms with E-state index in [0.717, 1.165) is 0 Å². The van der Waals surface area contributed by atoms with Crippen LogP contribution in [0.2, 0.25) is 0 Å². The van der Waals surface area contributed by atoms with E-state index in [1.807, 2.05) is 25.9 Å². The molecule has 0 spiro atoms. The molecule has 0 saturated carbocycles. The number of ketones is 1. The van der Waals surface area contributed by atoms with Gasteiger partial charge < -0.3 is 58.9 Å². The van der Waals surface area contributed by atoms with Gasteiger partial charge in [-0.1, -0.05) is 27.7 Å². The monoisotopic (exact) mass is 737 g/mol.